The third-order valence-corrected chi connectivity index (χ3v) is 4.36. The molecule has 0 amide bonds. The molecule has 1 fully saturated rings. The molecule has 2 rings (SSSR count). The molecule has 0 radical (unpaired) electrons. The average Bonchev–Trinajstić information content (AvgIpc) is 2.81. The van der Waals surface area contributed by atoms with Crippen LogP contribution in [0.5, 0.6) is 0 Å². The second-order valence-corrected chi connectivity index (χ2v) is 6.27. The molecule has 1 aliphatic carbocycles. The summed E-state index contributed by atoms with van der Waals surface area (Å²) in [7, 11) is 0. The Bertz CT molecular complexity index is 595. The highest BCUT2D eigenvalue weighted by Crippen LogP contribution is 2.34. The van der Waals surface area contributed by atoms with Crippen molar-refractivity contribution >= 4 is 11.9 Å². The van der Waals surface area contributed by atoms with Gasteiger partial charge in [-0.1, -0.05) is 44.4 Å². The Morgan fingerprint density at radius 1 is 1.22 bits per heavy atom. The third kappa shape index (κ3) is 4.68. The first-order valence-corrected chi connectivity index (χ1v) is 8.17. The molecule has 4 nitrogen and oxygen atoms in total. The molecule has 0 heterocycles. The van der Waals surface area contributed by atoms with Gasteiger partial charge in [0.25, 0.3) is 0 Å². The Morgan fingerprint density at radius 3 is 2.43 bits per heavy atom. The van der Waals surface area contributed by atoms with Gasteiger partial charge in [0.2, 0.25) is 0 Å². The summed E-state index contributed by atoms with van der Waals surface area (Å²) in [5, 5.41) is 9.45. The molecular formula is C19H24O4. The zero-order chi connectivity index (χ0) is 16.8. The zero-order valence-electron chi connectivity index (χ0n) is 13.6. The van der Waals surface area contributed by atoms with Crippen LogP contribution in [0.15, 0.2) is 30.4 Å². The fourth-order valence-corrected chi connectivity index (χ4v) is 3.10. The van der Waals surface area contributed by atoms with Crippen LogP contribution in [0.2, 0.25) is 0 Å². The molecule has 1 aromatic carbocycles. The lowest BCUT2D eigenvalue weighted by Gasteiger charge is -2.18. The van der Waals surface area contributed by atoms with Crippen LogP contribution in [0.4, 0.5) is 0 Å². The summed E-state index contributed by atoms with van der Waals surface area (Å²) < 4.78 is 5.17. The molecule has 0 aliphatic heterocycles. The van der Waals surface area contributed by atoms with Gasteiger partial charge >= 0.3 is 11.9 Å². The van der Waals surface area contributed by atoms with E-state index in [9.17, 15) is 14.7 Å². The lowest BCUT2D eigenvalue weighted by Crippen LogP contribution is -2.10. The number of ether oxygens (including phenoxy) is 1. The molecule has 1 aliphatic rings. The fraction of sp³-hybridized carbons (Fsp3) is 0.474. The van der Waals surface area contributed by atoms with E-state index in [0.717, 1.165) is 36.8 Å². The standard InChI is InChI=1S/C19H24O4/c1-13(2)19(22)23-12-14-9-10-16(18(20)21)17(11-14)15-7-5-3-4-6-8-15/h9-11,15H,1,3-8,12H2,2H3,(H,20,21). The molecule has 1 saturated carbocycles. The number of carboxylic acids is 1. The van der Waals surface area contributed by atoms with Crippen LogP contribution in [-0.2, 0) is 16.1 Å². The summed E-state index contributed by atoms with van der Waals surface area (Å²) in [4.78, 5) is 23.0. The number of carbonyl (C=O) groups excluding carboxylic acids is 1. The van der Waals surface area contributed by atoms with E-state index >= 15 is 0 Å². The van der Waals surface area contributed by atoms with Crippen molar-refractivity contribution in [2.45, 2.75) is 58.0 Å². The van der Waals surface area contributed by atoms with Crippen molar-refractivity contribution in [3.63, 3.8) is 0 Å². The molecule has 4 heteroatoms. The SMILES string of the molecule is C=C(C)C(=O)OCc1ccc(C(=O)O)c(C2CCCCCC2)c1. The van der Waals surface area contributed by atoms with E-state index in [1.54, 1.807) is 19.1 Å². The molecule has 0 unspecified atom stereocenters. The van der Waals surface area contributed by atoms with E-state index in [-0.39, 0.29) is 12.5 Å². The second-order valence-electron chi connectivity index (χ2n) is 6.27. The van der Waals surface area contributed by atoms with Gasteiger partial charge in [-0.15, -0.1) is 0 Å². The van der Waals surface area contributed by atoms with Crippen LogP contribution < -0.4 is 0 Å². The van der Waals surface area contributed by atoms with Gasteiger partial charge in [0.1, 0.15) is 6.61 Å². The summed E-state index contributed by atoms with van der Waals surface area (Å²) >= 11 is 0. The second kappa shape index (κ2) is 7.95. The summed E-state index contributed by atoms with van der Waals surface area (Å²) in [5.74, 6) is -1.04. The van der Waals surface area contributed by atoms with Crippen LogP contribution in [0.3, 0.4) is 0 Å². The maximum atomic E-state index is 11.5. The van der Waals surface area contributed by atoms with Crippen LogP contribution in [0.25, 0.3) is 0 Å². The molecule has 23 heavy (non-hydrogen) atoms. The number of hydrogen-bond acceptors (Lipinski definition) is 3. The number of benzene rings is 1. The molecule has 0 bridgehead atoms. The highest BCUT2D eigenvalue weighted by atomic mass is 16.5. The van der Waals surface area contributed by atoms with Gasteiger partial charge in [0.15, 0.2) is 0 Å². The zero-order valence-corrected chi connectivity index (χ0v) is 13.6. The normalized spacial score (nSPS) is 15.7. The molecule has 0 atom stereocenters. The molecule has 1 N–H and O–H groups in total. The van der Waals surface area contributed by atoms with Gasteiger partial charge in [-0.25, -0.2) is 9.59 Å². The Labute approximate surface area is 137 Å². The summed E-state index contributed by atoms with van der Waals surface area (Å²) in [6.45, 7) is 5.30. The largest absolute Gasteiger partial charge is 0.478 e. The van der Waals surface area contributed by atoms with Crippen molar-refractivity contribution in [1.82, 2.24) is 0 Å². The molecule has 0 saturated heterocycles. The number of hydrogen-bond donors (Lipinski definition) is 1. The summed E-state index contributed by atoms with van der Waals surface area (Å²) in [6, 6.07) is 5.24. The van der Waals surface area contributed by atoms with Crippen molar-refractivity contribution in [1.29, 1.82) is 0 Å². The minimum absolute atomic E-state index is 0.144. The van der Waals surface area contributed by atoms with Crippen LogP contribution in [-0.4, -0.2) is 17.0 Å². The lowest BCUT2D eigenvalue weighted by atomic mass is 9.87. The van der Waals surface area contributed by atoms with Crippen molar-refractivity contribution in [2.75, 3.05) is 0 Å². The maximum Gasteiger partial charge on any atom is 0.335 e. The van der Waals surface area contributed by atoms with E-state index in [2.05, 4.69) is 6.58 Å². The highest BCUT2D eigenvalue weighted by molar-refractivity contribution is 5.90. The summed E-state index contributed by atoms with van der Waals surface area (Å²) in [5.41, 5.74) is 2.43. The number of esters is 1. The lowest BCUT2D eigenvalue weighted by molar-refractivity contribution is -0.140. The van der Waals surface area contributed by atoms with Gasteiger partial charge in [0.05, 0.1) is 5.56 Å². The van der Waals surface area contributed by atoms with Crippen molar-refractivity contribution < 1.29 is 19.4 Å². The van der Waals surface area contributed by atoms with E-state index < -0.39 is 11.9 Å². The van der Waals surface area contributed by atoms with E-state index in [0.29, 0.717) is 11.1 Å². The van der Waals surface area contributed by atoms with E-state index in [1.807, 2.05) is 6.07 Å². The average molecular weight is 316 g/mol. The summed E-state index contributed by atoms with van der Waals surface area (Å²) in [6.07, 6.45) is 6.76. The van der Waals surface area contributed by atoms with Crippen molar-refractivity contribution in [3.8, 4) is 0 Å². The Hall–Kier alpha value is -2.10. The smallest absolute Gasteiger partial charge is 0.335 e. The van der Waals surface area contributed by atoms with Gasteiger partial charge in [0, 0.05) is 5.57 Å². The number of rotatable bonds is 5. The van der Waals surface area contributed by atoms with Gasteiger partial charge in [-0.3, -0.25) is 0 Å². The fourth-order valence-electron chi connectivity index (χ4n) is 3.10. The van der Waals surface area contributed by atoms with Crippen LogP contribution >= 0.6 is 0 Å². The minimum atomic E-state index is -0.894. The van der Waals surface area contributed by atoms with Gasteiger partial charge < -0.3 is 9.84 Å². The van der Waals surface area contributed by atoms with Gasteiger partial charge in [-0.05, 0) is 42.9 Å². The van der Waals surface area contributed by atoms with Crippen LogP contribution in [0, 0.1) is 0 Å². The number of aromatic carboxylic acids is 1. The first kappa shape index (κ1) is 17.3. The van der Waals surface area contributed by atoms with Gasteiger partial charge in [-0.2, -0.15) is 0 Å². The predicted molar refractivity (Wildman–Crippen MR) is 88.5 cm³/mol. The van der Waals surface area contributed by atoms with E-state index in [1.165, 1.54) is 12.8 Å². The first-order chi connectivity index (χ1) is 11.0. The maximum absolute atomic E-state index is 11.5. The third-order valence-electron chi connectivity index (χ3n) is 4.36. The first-order valence-electron chi connectivity index (χ1n) is 8.17. The van der Waals surface area contributed by atoms with Crippen molar-refractivity contribution in [3.05, 3.63) is 47.0 Å². The van der Waals surface area contributed by atoms with Crippen LogP contribution in [0.1, 0.15) is 72.9 Å². The Morgan fingerprint density at radius 2 is 1.87 bits per heavy atom. The molecule has 124 valence electrons. The predicted octanol–water partition coefficient (Wildman–Crippen LogP) is 4.44. The number of carbonyl (C=O) groups is 2. The molecule has 1 aromatic rings. The quantitative estimate of drug-likeness (QED) is 0.495. The monoisotopic (exact) mass is 316 g/mol. The Balaban J connectivity index is 2.22. The molecule has 0 aromatic heterocycles. The topological polar surface area (TPSA) is 63.6 Å². The molecular weight excluding hydrogens is 292 g/mol. The Kier molecular flexibility index (Phi) is 5.97. The number of carboxylic acid groups (broad SMARTS) is 1. The van der Waals surface area contributed by atoms with Crippen molar-refractivity contribution in [2.24, 2.45) is 0 Å². The molecule has 0 spiro atoms. The van der Waals surface area contributed by atoms with E-state index in [4.69, 9.17) is 4.74 Å². The minimum Gasteiger partial charge on any atom is -0.478 e. The highest BCUT2D eigenvalue weighted by Gasteiger charge is 2.21.